The summed E-state index contributed by atoms with van der Waals surface area (Å²) in [4.78, 5) is 4.69. The first-order valence-electron chi connectivity index (χ1n) is 10.6. The van der Waals surface area contributed by atoms with Gasteiger partial charge in [0.15, 0.2) is 11.5 Å². The van der Waals surface area contributed by atoms with Gasteiger partial charge in [-0.05, 0) is 65.7 Å². The van der Waals surface area contributed by atoms with Gasteiger partial charge < -0.3 is 9.84 Å². The molecule has 0 fully saturated rings. The summed E-state index contributed by atoms with van der Waals surface area (Å²) in [5.41, 5.74) is 2.84. The van der Waals surface area contributed by atoms with Crippen LogP contribution >= 0.6 is 0 Å². The molecule has 0 saturated carbocycles. The molecular formula is C27H24N2O4S. The fourth-order valence-corrected chi connectivity index (χ4v) is 4.89. The third kappa shape index (κ3) is 5.27. The Morgan fingerprint density at radius 1 is 0.882 bits per heavy atom. The van der Waals surface area contributed by atoms with E-state index in [0.717, 1.165) is 11.1 Å². The van der Waals surface area contributed by atoms with Crippen LogP contribution in [0.2, 0.25) is 0 Å². The predicted molar refractivity (Wildman–Crippen MR) is 135 cm³/mol. The lowest BCUT2D eigenvalue weighted by molar-refractivity contribution is 0.373. The Hall–Kier alpha value is -4.10. The first-order valence-corrected chi connectivity index (χ1v) is 12.0. The highest BCUT2D eigenvalue weighted by Gasteiger charge is 2.25. The number of aromatic hydroxyl groups is 1. The summed E-state index contributed by atoms with van der Waals surface area (Å²) in [6.07, 6.45) is 1.65. The molecule has 0 atom stereocenters. The van der Waals surface area contributed by atoms with Crippen LogP contribution in [-0.2, 0) is 16.6 Å². The van der Waals surface area contributed by atoms with Gasteiger partial charge in [0.05, 0.1) is 29.9 Å². The van der Waals surface area contributed by atoms with Gasteiger partial charge in [-0.15, -0.1) is 0 Å². The summed E-state index contributed by atoms with van der Waals surface area (Å²) in [5, 5.41) is 9.73. The Balaban J connectivity index is 1.63. The van der Waals surface area contributed by atoms with Gasteiger partial charge in [0.2, 0.25) is 0 Å². The number of hydrogen-bond acceptors (Lipinski definition) is 5. The molecule has 0 spiro atoms. The number of aliphatic imine (C=N–C) groups is 1. The average Bonchev–Trinajstić information content (AvgIpc) is 2.88. The minimum atomic E-state index is -3.77. The number of methoxy groups -OCH3 is 1. The molecule has 0 heterocycles. The van der Waals surface area contributed by atoms with Gasteiger partial charge >= 0.3 is 0 Å². The number of phenols is 1. The molecule has 4 aromatic carbocycles. The van der Waals surface area contributed by atoms with E-state index in [0.29, 0.717) is 17.1 Å². The van der Waals surface area contributed by atoms with Gasteiger partial charge in [-0.2, -0.15) is 0 Å². The highest BCUT2D eigenvalue weighted by molar-refractivity contribution is 7.92. The number of nitrogens with zero attached hydrogens (tertiary/aromatic N) is 2. The Kier molecular flexibility index (Phi) is 6.94. The molecular weight excluding hydrogens is 448 g/mol. The SMILES string of the molecule is COc1cc(C=Nc2ccc(N(Cc3ccccc3)S(=O)(=O)c3ccccc3)cc2)ccc1O. The van der Waals surface area contributed by atoms with Crippen molar-refractivity contribution in [2.24, 2.45) is 4.99 Å². The molecule has 6 nitrogen and oxygen atoms in total. The zero-order valence-electron chi connectivity index (χ0n) is 18.6. The van der Waals surface area contributed by atoms with E-state index < -0.39 is 10.0 Å². The first-order chi connectivity index (χ1) is 16.5. The number of hydrogen-bond donors (Lipinski definition) is 1. The molecule has 172 valence electrons. The highest BCUT2D eigenvalue weighted by Crippen LogP contribution is 2.29. The van der Waals surface area contributed by atoms with E-state index in [2.05, 4.69) is 4.99 Å². The zero-order valence-corrected chi connectivity index (χ0v) is 19.4. The smallest absolute Gasteiger partial charge is 0.264 e. The molecule has 0 aliphatic rings. The second kappa shape index (κ2) is 10.2. The van der Waals surface area contributed by atoms with Gasteiger partial charge in [-0.1, -0.05) is 48.5 Å². The van der Waals surface area contributed by atoms with Crippen molar-refractivity contribution < 1.29 is 18.3 Å². The summed E-state index contributed by atoms with van der Waals surface area (Å²) in [6, 6.07) is 29.8. The van der Waals surface area contributed by atoms with E-state index >= 15 is 0 Å². The molecule has 0 radical (unpaired) electrons. The van der Waals surface area contributed by atoms with Crippen molar-refractivity contribution in [3.8, 4) is 11.5 Å². The summed E-state index contributed by atoms with van der Waals surface area (Å²) in [7, 11) is -2.29. The molecule has 0 saturated heterocycles. The summed E-state index contributed by atoms with van der Waals surface area (Å²) in [6.45, 7) is 0.202. The van der Waals surface area contributed by atoms with Crippen LogP contribution in [-0.4, -0.2) is 26.8 Å². The predicted octanol–water partition coefficient (Wildman–Crippen LogP) is 5.55. The standard InChI is InChI=1S/C27H24N2O4S/c1-33-27-18-22(12-17-26(27)30)19-28-23-13-15-24(16-14-23)29(20-21-8-4-2-5-9-21)34(31,32)25-10-6-3-7-11-25/h2-19,30H,20H2,1H3. The van der Waals surface area contributed by atoms with Crippen molar-refractivity contribution >= 4 is 27.6 Å². The van der Waals surface area contributed by atoms with Gasteiger partial charge in [-0.25, -0.2) is 8.42 Å². The Morgan fingerprint density at radius 2 is 1.53 bits per heavy atom. The lowest BCUT2D eigenvalue weighted by Gasteiger charge is -2.25. The number of sulfonamides is 1. The third-order valence-corrected chi connectivity index (χ3v) is 6.99. The van der Waals surface area contributed by atoms with Crippen LogP contribution in [0.5, 0.6) is 11.5 Å². The van der Waals surface area contributed by atoms with E-state index in [1.165, 1.54) is 11.4 Å². The third-order valence-electron chi connectivity index (χ3n) is 5.20. The Labute approximate surface area is 199 Å². The molecule has 0 bridgehead atoms. The molecule has 4 aromatic rings. The Bertz CT molecular complexity index is 1370. The van der Waals surface area contributed by atoms with Gasteiger partial charge in [-0.3, -0.25) is 9.30 Å². The minimum absolute atomic E-state index is 0.0575. The molecule has 0 aliphatic heterocycles. The highest BCUT2D eigenvalue weighted by atomic mass is 32.2. The lowest BCUT2D eigenvalue weighted by atomic mass is 10.2. The van der Waals surface area contributed by atoms with Gasteiger partial charge in [0.25, 0.3) is 10.0 Å². The number of phenolic OH excluding ortho intramolecular Hbond substituents is 1. The number of ether oxygens (including phenoxy) is 1. The van der Waals surface area contributed by atoms with Crippen LogP contribution in [0.25, 0.3) is 0 Å². The van der Waals surface area contributed by atoms with Crippen molar-refractivity contribution in [2.45, 2.75) is 11.4 Å². The van der Waals surface area contributed by atoms with Crippen molar-refractivity contribution in [1.82, 2.24) is 0 Å². The quantitative estimate of drug-likeness (QED) is 0.341. The van der Waals surface area contributed by atoms with Crippen LogP contribution in [0, 0.1) is 0 Å². The number of benzene rings is 4. The van der Waals surface area contributed by atoms with Crippen LogP contribution in [0.3, 0.4) is 0 Å². The van der Waals surface area contributed by atoms with Crippen molar-refractivity contribution in [1.29, 1.82) is 0 Å². The maximum atomic E-state index is 13.5. The van der Waals surface area contributed by atoms with Crippen molar-refractivity contribution in [2.75, 3.05) is 11.4 Å². The minimum Gasteiger partial charge on any atom is -0.504 e. The van der Waals surface area contributed by atoms with E-state index in [9.17, 15) is 13.5 Å². The molecule has 4 rings (SSSR count). The molecule has 7 heteroatoms. The Morgan fingerprint density at radius 3 is 2.18 bits per heavy atom. The number of anilines is 1. The fourth-order valence-electron chi connectivity index (χ4n) is 3.41. The van der Waals surface area contributed by atoms with Crippen LogP contribution in [0.1, 0.15) is 11.1 Å². The normalized spacial score (nSPS) is 11.4. The van der Waals surface area contributed by atoms with Gasteiger partial charge in [0, 0.05) is 6.21 Å². The van der Waals surface area contributed by atoms with Crippen molar-refractivity contribution in [3.63, 3.8) is 0 Å². The van der Waals surface area contributed by atoms with Gasteiger partial charge in [0.1, 0.15) is 0 Å². The summed E-state index contributed by atoms with van der Waals surface area (Å²) < 4.78 is 33.5. The second-order valence-corrected chi connectivity index (χ2v) is 9.38. The maximum absolute atomic E-state index is 13.5. The number of rotatable bonds is 8. The molecule has 0 unspecified atom stereocenters. The van der Waals surface area contributed by atoms with E-state index in [1.807, 2.05) is 30.3 Å². The zero-order chi connectivity index (χ0) is 24.0. The molecule has 0 aromatic heterocycles. The fraction of sp³-hybridized carbons (Fsp3) is 0.0741. The molecule has 34 heavy (non-hydrogen) atoms. The monoisotopic (exact) mass is 472 g/mol. The topological polar surface area (TPSA) is 79.2 Å². The van der Waals surface area contributed by atoms with Crippen molar-refractivity contribution in [3.05, 3.63) is 114 Å². The van der Waals surface area contributed by atoms with E-state index in [1.54, 1.807) is 79.0 Å². The van der Waals surface area contributed by atoms with Crippen LogP contribution < -0.4 is 9.04 Å². The summed E-state index contributed by atoms with van der Waals surface area (Å²) in [5.74, 6) is 0.420. The van der Waals surface area contributed by atoms with E-state index in [4.69, 9.17) is 4.74 Å². The largest absolute Gasteiger partial charge is 0.504 e. The second-order valence-electron chi connectivity index (χ2n) is 7.52. The van der Waals surface area contributed by atoms with Crippen LogP contribution in [0.15, 0.2) is 113 Å². The molecule has 1 N–H and O–H groups in total. The first kappa shape index (κ1) is 23.1. The molecule has 0 amide bonds. The average molecular weight is 473 g/mol. The maximum Gasteiger partial charge on any atom is 0.264 e. The van der Waals surface area contributed by atoms with E-state index in [-0.39, 0.29) is 17.2 Å². The van der Waals surface area contributed by atoms with Crippen LogP contribution in [0.4, 0.5) is 11.4 Å². The lowest BCUT2D eigenvalue weighted by Crippen LogP contribution is -2.30. The summed E-state index contributed by atoms with van der Waals surface area (Å²) >= 11 is 0. The molecule has 0 aliphatic carbocycles.